The molecule has 0 saturated carbocycles. The Morgan fingerprint density at radius 2 is 2.03 bits per heavy atom. The van der Waals surface area contributed by atoms with Crippen LogP contribution in [0.3, 0.4) is 0 Å². The largest absolute Gasteiger partial charge is 0.492 e. The maximum Gasteiger partial charge on any atom is 0.419 e. The van der Waals surface area contributed by atoms with E-state index < -0.39 is 28.9 Å². The van der Waals surface area contributed by atoms with Crippen LogP contribution in [0.2, 0.25) is 0 Å². The first-order valence-corrected chi connectivity index (χ1v) is 13.2. The molecule has 0 spiro atoms. The van der Waals surface area contributed by atoms with Crippen molar-refractivity contribution in [2.45, 2.75) is 51.9 Å². The monoisotopic (exact) mass is 560 g/mol. The minimum atomic E-state index is -4.82. The molecular formula is C27H31F3N6O2S. The van der Waals surface area contributed by atoms with Crippen LogP contribution >= 0.6 is 12.2 Å². The van der Waals surface area contributed by atoms with Crippen LogP contribution in [0.5, 0.6) is 5.75 Å². The second-order valence-electron chi connectivity index (χ2n) is 10.2. The van der Waals surface area contributed by atoms with E-state index in [0.717, 1.165) is 54.7 Å². The summed E-state index contributed by atoms with van der Waals surface area (Å²) in [7, 11) is 0. The number of rotatable bonds is 7. The molecule has 0 radical (unpaired) electrons. The van der Waals surface area contributed by atoms with Crippen molar-refractivity contribution in [1.29, 1.82) is 5.26 Å². The molecule has 1 aromatic heterocycles. The standard InChI is InChI=1S/C27H31F3N6O2S/c1-5-18-12-19(6-7-23(18)38-11-10-34-9-8-32-17(2)16-34)36-25(39)35(24(37)26(36,3)4)20-13-21(27(28,29)30)22(14-31)33-15-20/h6-7,12-13,15,17,32H,5,8-11,16H2,1-4H3/t17-/m1/s1. The summed E-state index contributed by atoms with van der Waals surface area (Å²) in [6, 6.07) is 8.16. The van der Waals surface area contributed by atoms with Gasteiger partial charge in [0, 0.05) is 37.9 Å². The highest BCUT2D eigenvalue weighted by Gasteiger charge is 2.51. The van der Waals surface area contributed by atoms with E-state index in [4.69, 9.17) is 22.2 Å². The number of ether oxygens (including phenoxy) is 1. The number of nitrogens with zero attached hydrogens (tertiary/aromatic N) is 5. The highest BCUT2D eigenvalue weighted by atomic mass is 32.1. The fourth-order valence-electron chi connectivity index (χ4n) is 4.96. The number of thiocarbonyl (C=S) groups is 1. The predicted octanol–water partition coefficient (Wildman–Crippen LogP) is 4.12. The minimum Gasteiger partial charge on any atom is -0.492 e. The molecule has 2 aliphatic heterocycles. The molecule has 0 bridgehead atoms. The number of amides is 1. The Balaban J connectivity index is 1.58. The van der Waals surface area contributed by atoms with Gasteiger partial charge < -0.3 is 15.0 Å². The topological polar surface area (TPSA) is 84.7 Å². The summed E-state index contributed by atoms with van der Waals surface area (Å²) in [5.41, 5.74) is -1.78. The zero-order chi connectivity index (χ0) is 28.5. The van der Waals surface area contributed by atoms with Crippen molar-refractivity contribution in [3.63, 3.8) is 0 Å². The molecule has 39 heavy (non-hydrogen) atoms. The van der Waals surface area contributed by atoms with Crippen molar-refractivity contribution in [1.82, 2.24) is 15.2 Å². The Kier molecular flexibility index (Phi) is 8.16. The lowest BCUT2D eigenvalue weighted by Crippen LogP contribution is -2.50. The van der Waals surface area contributed by atoms with E-state index in [0.29, 0.717) is 24.8 Å². The number of anilines is 2. The van der Waals surface area contributed by atoms with Crippen LogP contribution in [0.15, 0.2) is 30.5 Å². The Hall–Kier alpha value is -3.27. The summed E-state index contributed by atoms with van der Waals surface area (Å²) in [4.78, 5) is 22.1. The second-order valence-corrected chi connectivity index (χ2v) is 10.5. The number of nitriles is 1. The van der Waals surface area contributed by atoms with Gasteiger partial charge in [-0.05, 0) is 69.2 Å². The third kappa shape index (κ3) is 5.71. The van der Waals surface area contributed by atoms with Crippen LogP contribution in [0.1, 0.15) is 44.5 Å². The summed E-state index contributed by atoms with van der Waals surface area (Å²) in [6.07, 6.45) is -3.09. The molecule has 3 heterocycles. The number of halogens is 3. The lowest BCUT2D eigenvalue weighted by Gasteiger charge is -2.32. The molecular weight excluding hydrogens is 529 g/mol. The molecule has 12 heteroatoms. The molecule has 2 aromatic rings. The number of aromatic nitrogens is 1. The van der Waals surface area contributed by atoms with E-state index in [1.165, 1.54) is 6.07 Å². The van der Waals surface area contributed by atoms with Crippen molar-refractivity contribution in [3.05, 3.63) is 47.3 Å². The average molecular weight is 561 g/mol. The number of carbonyl (C=O) groups excluding carboxylic acids is 1. The lowest BCUT2D eigenvalue weighted by molar-refractivity contribution is -0.138. The van der Waals surface area contributed by atoms with Gasteiger partial charge in [-0.25, -0.2) is 4.98 Å². The molecule has 2 aliphatic rings. The SMILES string of the molecule is CCc1cc(N2C(=S)N(c3cnc(C#N)c(C(F)(F)F)c3)C(=O)C2(C)C)ccc1OCCN1CCN[C@H](C)C1. The van der Waals surface area contributed by atoms with Gasteiger partial charge in [-0.15, -0.1) is 0 Å². The molecule has 2 fully saturated rings. The van der Waals surface area contributed by atoms with Gasteiger partial charge in [0.05, 0.1) is 17.4 Å². The third-order valence-corrected chi connectivity index (χ3v) is 7.38. The first-order chi connectivity index (χ1) is 18.4. The average Bonchev–Trinajstić information content (AvgIpc) is 3.06. The van der Waals surface area contributed by atoms with Gasteiger partial charge in [-0.3, -0.25) is 14.6 Å². The van der Waals surface area contributed by atoms with Gasteiger partial charge in [0.15, 0.2) is 10.8 Å². The van der Waals surface area contributed by atoms with Crippen LogP contribution in [0, 0.1) is 11.3 Å². The quantitative estimate of drug-likeness (QED) is 0.507. The number of carbonyl (C=O) groups is 1. The van der Waals surface area contributed by atoms with E-state index in [1.807, 2.05) is 19.1 Å². The number of hydrogen-bond acceptors (Lipinski definition) is 7. The normalized spacial score (nSPS) is 19.9. The van der Waals surface area contributed by atoms with Gasteiger partial charge in [-0.1, -0.05) is 6.92 Å². The fraction of sp³-hybridized carbons (Fsp3) is 0.481. The van der Waals surface area contributed by atoms with E-state index in [1.54, 1.807) is 24.8 Å². The maximum atomic E-state index is 13.6. The summed E-state index contributed by atoms with van der Waals surface area (Å²) < 4.78 is 46.8. The molecule has 0 aliphatic carbocycles. The maximum absolute atomic E-state index is 13.6. The zero-order valence-electron chi connectivity index (χ0n) is 22.3. The zero-order valence-corrected chi connectivity index (χ0v) is 23.1. The first kappa shape index (κ1) is 28.7. The van der Waals surface area contributed by atoms with E-state index in [-0.39, 0.29) is 10.8 Å². The summed E-state index contributed by atoms with van der Waals surface area (Å²) >= 11 is 5.63. The Morgan fingerprint density at radius 1 is 1.28 bits per heavy atom. The smallest absolute Gasteiger partial charge is 0.419 e. The fourth-order valence-corrected chi connectivity index (χ4v) is 5.48. The van der Waals surface area contributed by atoms with Crippen molar-refractivity contribution < 1.29 is 22.7 Å². The molecule has 0 unspecified atom stereocenters. The van der Waals surface area contributed by atoms with Crippen molar-refractivity contribution in [2.24, 2.45) is 0 Å². The molecule has 1 amide bonds. The molecule has 208 valence electrons. The second kappa shape index (κ2) is 11.1. The van der Waals surface area contributed by atoms with Gasteiger partial charge in [0.25, 0.3) is 5.91 Å². The van der Waals surface area contributed by atoms with Gasteiger partial charge in [0.2, 0.25) is 0 Å². The summed E-state index contributed by atoms with van der Waals surface area (Å²) in [5.74, 6) is 0.234. The van der Waals surface area contributed by atoms with Crippen LogP contribution in [0.4, 0.5) is 24.5 Å². The van der Waals surface area contributed by atoms with Gasteiger partial charge in [-0.2, -0.15) is 18.4 Å². The number of alkyl halides is 3. The Morgan fingerprint density at radius 3 is 2.67 bits per heavy atom. The van der Waals surface area contributed by atoms with Crippen molar-refractivity contribution >= 4 is 34.6 Å². The highest BCUT2D eigenvalue weighted by molar-refractivity contribution is 7.81. The highest BCUT2D eigenvalue weighted by Crippen LogP contribution is 2.40. The van der Waals surface area contributed by atoms with Crippen LogP contribution in [-0.2, 0) is 17.4 Å². The molecule has 1 N–H and O–H groups in total. The Labute approximate surface area is 231 Å². The molecule has 8 nitrogen and oxygen atoms in total. The van der Waals surface area contributed by atoms with Crippen molar-refractivity contribution in [2.75, 3.05) is 42.6 Å². The third-order valence-electron chi connectivity index (χ3n) is 7.01. The number of pyridine rings is 1. The molecule has 1 aromatic carbocycles. The number of hydrogen-bond donors (Lipinski definition) is 1. The number of benzene rings is 1. The lowest BCUT2D eigenvalue weighted by atomic mass is 10.0. The summed E-state index contributed by atoms with van der Waals surface area (Å²) in [5, 5.41) is 12.5. The van der Waals surface area contributed by atoms with Gasteiger partial charge in [0.1, 0.15) is 24.0 Å². The molecule has 1 atom stereocenters. The van der Waals surface area contributed by atoms with Crippen LogP contribution < -0.4 is 19.9 Å². The number of nitrogens with one attached hydrogen (secondary N) is 1. The Bertz CT molecular complexity index is 1310. The molecule has 2 saturated heterocycles. The molecule has 4 rings (SSSR count). The van der Waals surface area contributed by atoms with E-state index >= 15 is 0 Å². The number of aryl methyl sites for hydroxylation is 1. The first-order valence-electron chi connectivity index (χ1n) is 12.8. The number of piperazine rings is 1. The van der Waals surface area contributed by atoms with Crippen LogP contribution in [0.25, 0.3) is 0 Å². The van der Waals surface area contributed by atoms with Crippen molar-refractivity contribution in [3.8, 4) is 11.8 Å². The predicted molar refractivity (Wildman–Crippen MR) is 146 cm³/mol. The minimum absolute atomic E-state index is 0.0215. The van der Waals surface area contributed by atoms with E-state index in [9.17, 15) is 18.0 Å². The summed E-state index contributed by atoms with van der Waals surface area (Å²) in [6.45, 7) is 11.7. The van der Waals surface area contributed by atoms with Crippen LogP contribution in [-0.4, -0.2) is 65.3 Å². The van der Waals surface area contributed by atoms with E-state index in [2.05, 4.69) is 22.1 Å². The van der Waals surface area contributed by atoms with Gasteiger partial charge >= 0.3 is 6.18 Å².